The van der Waals surface area contributed by atoms with E-state index in [-0.39, 0.29) is 0 Å². The summed E-state index contributed by atoms with van der Waals surface area (Å²) in [6, 6.07) is 0.855. The molecule has 0 spiro atoms. The van der Waals surface area contributed by atoms with Crippen LogP contribution >= 0.6 is 0 Å². The second-order valence-corrected chi connectivity index (χ2v) is 6.59. The Morgan fingerprint density at radius 2 is 2.14 bits per heavy atom. The molecule has 2 fully saturated rings. The number of nitrogens with one attached hydrogen (secondary N) is 1. The molecule has 2 heterocycles. The van der Waals surface area contributed by atoms with Crippen LogP contribution in [0.1, 0.15) is 51.1 Å². The van der Waals surface area contributed by atoms with Gasteiger partial charge < -0.3 is 5.32 Å². The van der Waals surface area contributed by atoms with Crippen LogP contribution in [-0.2, 0) is 13.1 Å². The molecule has 5 nitrogen and oxygen atoms in total. The van der Waals surface area contributed by atoms with Crippen molar-refractivity contribution in [3.05, 3.63) is 11.9 Å². The first kappa shape index (κ1) is 15.0. The Balaban J connectivity index is 1.44. The molecular formula is C16H29N5. The molecule has 1 aliphatic heterocycles. The monoisotopic (exact) mass is 291 g/mol. The Kier molecular flexibility index (Phi) is 5.25. The van der Waals surface area contributed by atoms with Crippen LogP contribution in [0.2, 0.25) is 0 Å². The van der Waals surface area contributed by atoms with Crippen molar-refractivity contribution >= 4 is 0 Å². The van der Waals surface area contributed by atoms with Crippen LogP contribution in [0.15, 0.2) is 6.20 Å². The third-order valence-corrected chi connectivity index (χ3v) is 5.06. The summed E-state index contributed by atoms with van der Waals surface area (Å²) >= 11 is 0. The van der Waals surface area contributed by atoms with Gasteiger partial charge in [0.15, 0.2) is 0 Å². The highest BCUT2D eigenvalue weighted by Crippen LogP contribution is 2.35. The quantitative estimate of drug-likeness (QED) is 0.781. The van der Waals surface area contributed by atoms with E-state index in [1.54, 1.807) is 0 Å². The Labute approximate surface area is 128 Å². The van der Waals surface area contributed by atoms with Crippen molar-refractivity contribution in [2.24, 2.45) is 5.92 Å². The van der Waals surface area contributed by atoms with Crippen LogP contribution in [0, 0.1) is 5.92 Å². The molecule has 1 aromatic rings. The summed E-state index contributed by atoms with van der Waals surface area (Å²) in [5, 5.41) is 11.9. The maximum Gasteiger partial charge on any atom is 0.0964 e. The lowest BCUT2D eigenvalue weighted by Crippen LogP contribution is -2.36. The number of likely N-dealkylation sites (tertiary alicyclic amines) is 1. The first-order valence-electron chi connectivity index (χ1n) is 8.70. The minimum absolute atomic E-state index is 0.836. The minimum Gasteiger partial charge on any atom is -0.311 e. The molecule has 2 atom stereocenters. The average Bonchev–Trinajstić information content (AvgIpc) is 3.12. The molecule has 1 N–H and O–H groups in total. The lowest BCUT2D eigenvalue weighted by molar-refractivity contribution is 0.175. The van der Waals surface area contributed by atoms with Crippen molar-refractivity contribution in [2.75, 3.05) is 19.6 Å². The fraction of sp³-hybridized carbons (Fsp3) is 0.875. The van der Waals surface area contributed by atoms with Gasteiger partial charge >= 0.3 is 0 Å². The van der Waals surface area contributed by atoms with E-state index in [0.29, 0.717) is 0 Å². The summed E-state index contributed by atoms with van der Waals surface area (Å²) in [6.07, 6.45) is 10.4. The lowest BCUT2D eigenvalue weighted by Gasteiger charge is -2.31. The molecule has 2 aliphatic rings. The molecule has 3 rings (SSSR count). The molecule has 0 bridgehead atoms. The third kappa shape index (κ3) is 3.83. The van der Waals surface area contributed by atoms with E-state index in [0.717, 1.165) is 50.3 Å². The maximum atomic E-state index is 4.26. The SMILES string of the molecule is CCCNCc1cn(CCN2CCC3CCCCC32)nn1. The van der Waals surface area contributed by atoms with Gasteiger partial charge in [0.05, 0.1) is 12.2 Å². The normalized spacial score (nSPS) is 26.1. The van der Waals surface area contributed by atoms with Gasteiger partial charge in [-0.05, 0) is 44.7 Å². The van der Waals surface area contributed by atoms with Gasteiger partial charge in [0, 0.05) is 25.3 Å². The predicted molar refractivity (Wildman–Crippen MR) is 84.0 cm³/mol. The minimum atomic E-state index is 0.836. The van der Waals surface area contributed by atoms with E-state index >= 15 is 0 Å². The highest BCUT2D eigenvalue weighted by Gasteiger charge is 2.35. The lowest BCUT2D eigenvalue weighted by atomic mass is 9.85. The average molecular weight is 291 g/mol. The molecule has 2 unspecified atom stereocenters. The highest BCUT2D eigenvalue weighted by molar-refractivity contribution is 4.92. The van der Waals surface area contributed by atoms with Crippen molar-refractivity contribution < 1.29 is 0 Å². The van der Waals surface area contributed by atoms with Gasteiger partial charge in [0.1, 0.15) is 0 Å². The Morgan fingerprint density at radius 3 is 3.05 bits per heavy atom. The first-order chi connectivity index (χ1) is 10.4. The number of rotatable bonds is 7. The Morgan fingerprint density at radius 1 is 1.24 bits per heavy atom. The summed E-state index contributed by atoms with van der Waals surface area (Å²) in [5.74, 6) is 0.975. The van der Waals surface area contributed by atoms with Crippen LogP contribution in [0.3, 0.4) is 0 Å². The first-order valence-corrected chi connectivity index (χ1v) is 8.70. The van der Waals surface area contributed by atoms with Crippen molar-refractivity contribution in [1.29, 1.82) is 0 Å². The van der Waals surface area contributed by atoms with Gasteiger partial charge in [-0.15, -0.1) is 5.10 Å². The second-order valence-electron chi connectivity index (χ2n) is 6.59. The smallest absolute Gasteiger partial charge is 0.0964 e. The van der Waals surface area contributed by atoms with Crippen molar-refractivity contribution in [2.45, 2.75) is 64.6 Å². The van der Waals surface area contributed by atoms with Gasteiger partial charge in [-0.25, -0.2) is 0 Å². The summed E-state index contributed by atoms with van der Waals surface area (Å²) in [5.41, 5.74) is 1.06. The van der Waals surface area contributed by atoms with Gasteiger partial charge in [0.25, 0.3) is 0 Å². The zero-order valence-corrected chi connectivity index (χ0v) is 13.3. The summed E-state index contributed by atoms with van der Waals surface area (Å²) < 4.78 is 2.01. The van der Waals surface area contributed by atoms with Gasteiger partial charge in [-0.2, -0.15) is 0 Å². The molecule has 21 heavy (non-hydrogen) atoms. The molecule has 0 radical (unpaired) electrons. The summed E-state index contributed by atoms with van der Waals surface area (Å²) in [4.78, 5) is 2.69. The number of fused-ring (bicyclic) bond motifs is 1. The van der Waals surface area contributed by atoms with E-state index < -0.39 is 0 Å². The van der Waals surface area contributed by atoms with Crippen LogP contribution in [0.4, 0.5) is 0 Å². The second kappa shape index (κ2) is 7.36. The molecule has 1 saturated heterocycles. The highest BCUT2D eigenvalue weighted by atomic mass is 15.4. The van der Waals surface area contributed by atoms with Gasteiger partial charge in [0.2, 0.25) is 0 Å². The predicted octanol–water partition coefficient (Wildman–Crippen LogP) is 2.04. The van der Waals surface area contributed by atoms with Crippen LogP contribution < -0.4 is 5.32 Å². The van der Waals surface area contributed by atoms with E-state index in [1.807, 2.05) is 4.68 Å². The number of hydrogen-bond acceptors (Lipinski definition) is 4. The van der Waals surface area contributed by atoms with E-state index in [1.165, 1.54) is 38.6 Å². The summed E-state index contributed by atoms with van der Waals surface area (Å²) in [6.45, 7) is 7.45. The number of hydrogen-bond donors (Lipinski definition) is 1. The topological polar surface area (TPSA) is 46.0 Å². The molecule has 118 valence electrons. The molecular weight excluding hydrogens is 262 g/mol. The van der Waals surface area contributed by atoms with Crippen molar-refractivity contribution in [1.82, 2.24) is 25.2 Å². The van der Waals surface area contributed by atoms with Crippen LogP contribution in [0.25, 0.3) is 0 Å². The molecule has 1 aromatic heterocycles. The number of nitrogens with zero attached hydrogens (tertiary/aromatic N) is 4. The Hall–Kier alpha value is -0.940. The maximum absolute atomic E-state index is 4.26. The molecule has 1 aliphatic carbocycles. The molecule has 0 aromatic carbocycles. The fourth-order valence-electron chi connectivity index (χ4n) is 3.93. The molecule has 5 heteroatoms. The van der Waals surface area contributed by atoms with E-state index in [2.05, 4.69) is 33.6 Å². The largest absolute Gasteiger partial charge is 0.311 e. The third-order valence-electron chi connectivity index (χ3n) is 5.06. The van der Waals surface area contributed by atoms with Crippen molar-refractivity contribution in [3.8, 4) is 0 Å². The van der Waals surface area contributed by atoms with Crippen molar-refractivity contribution in [3.63, 3.8) is 0 Å². The fourth-order valence-corrected chi connectivity index (χ4v) is 3.93. The zero-order valence-electron chi connectivity index (χ0n) is 13.3. The van der Waals surface area contributed by atoms with Gasteiger partial charge in [-0.1, -0.05) is 25.0 Å². The van der Waals surface area contributed by atoms with Crippen LogP contribution in [-0.4, -0.2) is 45.6 Å². The van der Waals surface area contributed by atoms with Crippen LogP contribution in [0.5, 0.6) is 0 Å². The molecule has 1 saturated carbocycles. The standard InChI is InChI=1S/C16H29N5/c1-2-8-17-12-15-13-21(19-18-15)11-10-20-9-7-14-5-3-4-6-16(14)20/h13-14,16-17H,2-12H2,1H3. The van der Waals surface area contributed by atoms with Gasteiger partial charge in [-0.3, -0.25) is 9.58 Å². The summed E-state index contributed by atoms with van der Waals surface area (Å²) in [7, 11) is 0. The van der Waals surface area contributed by atoms with E-state index in [9.17, 15) is 0 Å². The zero-order chi connectivity index (χ0) is 14.5. The molecule has 0 amide bonds. The van der Waals surface area contributed by atoms with E-state index in [4.69, 9.17) is 0 Å². The number of aromatic nitrogens is 3. The Bertz CT molecular complexity index is 430.